The number of carbonyl (C=O) groups excluding carboxylic acids is 1. The number of nitrogens with zero attached hydrogens (tertiary/aromatic N) is 1. The summed E-state index contributed by atoms with van der Waals surface area (Å²) in [5.41, 5.74) is 0.867. The monoisotopic (exact) mass is 421 g/mol. The van der Waals surface area contributed by atoms with Crippen molar-refractivity contribution in [1.82, 2.24) is 9.97 Å². The molecule has 0 atom stereocenters. The van der Waals surface area contributed by atoms with Crippen LogP contribution in [0.15, 0.2) is 34.4 Å². The third-order valence-electron chi connectivity index (χ3n) is 7.43. The first-order chi connectivity index (χ1) is 14.5. The molecule has 4 bridgehead atoms. The van der Waals surface area contributed by atoms with E-state index in [4.69, 9.17) is 4.98 Å². The van der Waals surface area contributed by atoms with Gasteiger partial charge in [0.15, 0.2) is 5.13 Å². The Morgan fingerprint density at radius 2 is 1.80 bits per heavy atom. The van der Waals surface area contributed by atoms with Crippen LogP contribution in [-0.4, -0.2) is 21.0 Å². The van der Waals surface area contributed by atoms with Gasteiger partial charge in [-0.1, -0.05) is 12.1 Å². The molecule has 0 saturated heterocycles. The third kappa shape index (κ3) is 2.71. The number of nitrogens with one attached hydrogen (secondary N) is 2. The molecule has 0 aliphatic heterocycles. The summed E-state index contributed by atoms with van der Waals surface area (Å²) in [4.78, 5) is 32.7. The number of aromatic amines is 1. The van der Waals surface area contributed by atoms with Gasteiger partial charge in [0, 0.05) is 16.2 Å². The van der Waals surface area contributed by atoms with E-state index in [2.05, 4.69) is 15.7 Å². The highest BCUT2D eigenvalue weighted by Gasteiger charge is 2.52. The average molecular weight is 422 g/mol. The molecule has 3 aromatic rings. The van der Waals surface area contributed by atoms with E-state index in [0.29, 0.717) is 16.0 Å². The quantitative estimate of drug-likeness (QED) is 0.584. The summed E-state index contributed by atoms with van der Waals surface area (Å²) >= 11 is 1.40. The molecule has 1 amide bonds. The van der Waals surface area contributed by atoms with Gasteiger partial charge in [-0.15, -0.1) is 11.3 Å². The van der Waals surface area contributed by atoms with Gasteiger partial charge in [-0.2, -0.15) is 0 Å². The molecule has 154 valence electrons. The number of aromatic hydroxyl groups is 1. The highest BCUT2D eigenvalue weighted by atomic mass is 32.1. The van der Waals surface area contributed by atoms with Crippen LogP contribution in [0.3, 0.4) is 0 Å². The normalized spacial score (nSPS) is 29.4. The number of fused-ring (bicyclic) bond motifs is 1. The second-order valence-electron chi connectivity index (χ2n) is 9.41. The standard InChI is InChI=1S/C23H23N3O3S/c27-19-15-3-1-2-4-16(15)24-20(28)18(19)21(29)26-22-25-17(11-30-22)23-8-12-5-13(9-23)7-14(6-12)10-23/h1-4,11-14H,5-10H2,(H2,24,27,28)(H,25,26,29). The Hall–Kier alpha value is -2.67. The zero-order valence-electron chi connectivity index (χ0n) is 16.5. The first-order valence-corrected chi connectivity index (χ1v) is 11.5. The van der Waals surface area contributed by atoms with E-state index in [9.17, 15) is 14.7 Å². The number of hydrogen-bond acceptors (Lipinski definition) is 5. The molecule has 4 aliphatic carbocycles. The largest absolute Gasteiger partial charge is 0.506 e. The molecule has 7 rings (SSSR count). The maximum absolute atomic E-state index is 12.8. The Bertz CT molecular complexity index is 1190. The van der Waals surface area contributed by atoms with Crippen LogP contribution in [0.1, 0.15) is 54.6 Å². The number of thiazole rings is 1. The summed E-state index contributed by atoms with van der Waals surface area (Å²) in [6, 6.07) is 6.88. The minimum absolute atomic E-state index is 0.163. The van der Waals surface area contributed by atoms with Gasteiger partial charge in [-0.05, 0) is 68.4 Å². The van der Waals surface area contributed by atoms with E-state index < -0.39 is 11.5 Å². The number of H-pyrrole nitrogens is 1. The number of para-hydroxylation sites is 1. The predicted octanol–water partition coefficient (Wildman–Crippen LogP) is 4.41. The van der Waals surface area contributed by atoms with E-state index in [-0.39, 0.29) is 16.7 Å². The molecule has 30 heavy (non-hydrogen) atoms. The van der Waals surface area contributed by atoms with Gasteiger partial charge in [0.2, 0.25) is 0 Å². The lowest BCUT2D eigenvalue weighted by molar-refractivity contribution is -0.00688. The number of hydrogen-bond donors (Lipinski definition) is 3. The molecule has 0 unspecified atom stereocenters. The van der Waals surface area contributed by atoms with Gasteiger partial charge in [-0.25, -0.2) is 4.98 Å². The number of aromatic nitrogens is 2. The molecule has 2 aromatic heterocycles. The molecule has 6 nitrogen and oxygen atoms in total. The molecule has 4 aliphatic rings. The fourth-order valence-corrected chi connectivity index (χ4v) is 7.42. The Morgan fingerprint density at radius 3 is 2.50 bits per heavy atom. The summed E-state index contributed by atoms with van der Waals surface area (Å²) in [6.07, 6.45) is 7.74. The van der Waals surface area contributed by atoms with Crippen LogP contribution in [0, 0.1) is 17.8 Å². The van der Waals surface area contributed by atoms with E-state index in [1.54, 1.807) is 24.3 Å². The Morgan fingerprint density at radius 1 is 1.13 bits per heavy atom. The Labute approximate surface area is 177 Å². The van der Waals surface area contributed by atoms with Gasteiger partial charge in [-0.3, -0.25) is 14.9 Å². The summed E-state index contributed by atoms with van der Waals surface area (Å²) in [5.74, 6) is 1.54. The van der Waals surface area contributed by atoms with Crippen molar-refractivity contribution < 1.29 is 9.90 Å². The lowest BCUT2D eigenvalue weighted by atomic mass is 9.49. The molecule has 7 heteroatoms. The van der Waals surface area contributed by atoms with Crippen LogP contribution in [0.4, 0.5) is 5.13 Å². The van der Waals surface area contributed by atoms with Crippen molar-refractivity contribution in [2.75, 3.05) is 5.32 Å². The zero-order valence-corrected chi connectivity index (χ0v) is 17.3. The first-order valence-electron chi connectivity index (χ1n) is 10.6. The van der Waals surface area contributed by atoms with Crippen molar-refractivity contribution in [3.05, 3.63) is 51.3 Å². The number of rotatable bonds is 3. The van der Waals surface area contributed by atoms with E-state index in [0.717, 1.165) is 23.4 Å². The average Bonchev–Trinajstić information content (AvgIpc) is 3.16. The fourth-order valence-electron chi connectivity index (χ4n) is 6.59. The molecule has 4 saturated carbocycles. The van der Waals surface area contributed by atoms with Crippen LogP contribution in [-0.2, 0) is 5.41 Å². The van der Waals surface area contributed by atoms with Crippen LogP contribution in [0.25, 0.3) is 10.9 Å². The topological polar surface area (TPSA) is 95.1 Å². The van der Waals surface area contributed by atoms with E-state index in [1.807, 2.05) is 0 Å². The van der Waals surface area contributed by atoms with Gasteiger partial charge in [0.25, 0.3) is 11.5 Å². The minimum Gasteiger partial charge on any atom is -0.506 e. The predicted molar refractivity (Wildman–Crippen MR) is 116 cm³/mol. The lowest BCUT2D eigenvalue weighted by Crippen LogP contribution is -2.48. The summed E-state index contributed by atoms with van der Waals surface area (Å²) in [7, 11) is 0. The lowest BCUT2D eigenvalue weighted by Gasteiger charge is -2.56. The number of pyridine rings is 1. The second-order valence-corrected chi connectivity index (χ2v) is 10.3. The summed E-state index contributed by atoms with van der Waals surface area (Å²) in [6.45, 7) is 0. The van der Waals surface area contributed by atoms with Crippen molar-refractivity contribution in [3.8, 4) is 5.75 Å². The van der Waals surface area contributed by atoms with Crippen molar-refractivity contribution >= 4 is 33.3 Å². The van der Waals surface area contributed by atoms with Crippen LogP contribution in [0.5, 0.6) is 5.75 Å². The van der Waals surface area contributed by atoms with E-state index >= 15 is 0 Å². The molecular formula is C23H23N3O3S. The fraction of sp³-hybridized carbons (Fsp3) is 0.435. The molecule has 1 aromatic carbocycles. The molecule has 3 N–H and O–H groups in total. The Balaban J connectivity index is 1.29. The maximum Gasteiger partial charge on any atom is 0.266 e. The number of benzene rings is 1. The van der Waals surface area contributed by atoms with Crippen LogP contribution in [0.2, 0.25) is 0 Å². The van der Waals surface area contributed by atoms with Crippen molar-refractivity contribution in [3.63, 3.8) is 0 Å². The smallest absolute Gasteiger partial charge is 0.266 e. The third-order valence-corrected chi connectivity index (χ3v) is 8.19. The van der Waals surface area contributed by atoms with Crippen LogP contribution >= 0.6 is 11.3 Å². The SMILES string of the molecule is O=C(Nc1nc(C23CC4CC(CC(C4)C2)C3)cs1)c1c(O)c2ccccc2[nH]c1=O. The second kappa shape index (κ2) is 6.41. The molecule has 0 spiro atoms. The summed E-state index contributed by atoms with van der Waals surface area (Å²) in [5, 5.41) is 16.3. The van der Waals surface area contributed by atoms with Gasteiger partial charge in [0.1, 0.15) is 11.3 Å². The number of carbonyl (C=O) groups is 1. The van der Waals surface area contributed by atoms with E-state index in [1.165, 1.54) is 49.9 Å². The molecule has 2 heterocycles. The molecule has 0 radical (unpaired) electrons. The number of amides is 1. The molecule has 4 fully saturated rings. The van der Waals surface area contributed by atoms with Gasteiger partial charge < -0.3 is 10.1 Å². The Kier molecular flexibility index (Phi) is 3.87. The zero-order chi connectivity index (χ0) is 20.5. The van der Waals surface area contributed by atoms with Gasteiger partial charge in [0.05, 0.1) is 11.2 Å². The maximum atomic E-state index is 12.8. The van der Waals surface area contributed by atoms with Crippen LogP contribution < -0.4 is 10.9 Å². The highest BCUT2D eigenvalue weighted by Crippen LogP contribution is 2.60. The van der Waals surface area contributed by atoms with Crippen molar-refractivity contribution in [2.24, 2.45) is 17.8 Å². The number of anilines is 1. The van der Waals surface area contributed by atoms with Crippen molar-refractivity contribution in [2.45, 2.75) is 43.9 Å². The highest BCUT2D eigenvalue weighted by molar-refractivity contribution is 7.14. The first kappa shape index (κ1) is 18.1. The molecular weight excluding hydrogens is 398 g/mol. The summed E-state index contributed by atoms with van der Waals surface area (Å²) < 4.78 is 0. The van der Waals surface area contributed by atoms with Crippen molar-refractivity contribution in [1.29, 1.82) is 0 Å². The van der Waals surface area contributed by atoms with Gasteiger partial charge >= 0.3 is 0 Å². The minimum atomic E-state index is -0.633.